The van der Waals surface area contributed by atoms with Crippen LogP contribution in [0.2, 0.25) is 0 Å². The van der Waals surface area contributed by atoms with Crippen molar-refractivity contribution in [2.24, 2.45) is 4.99 Å². The van der Waals surface area contributed by atoms with Gasteiger partial charge in [-0.3, -0.25) is 4.79 Å². The molecule has 4 rings (SSSR count). The first-order valence-electron chi connectivity index (χ1n) is 11.5. The summed E-state index contributed by atoms with van der Waals surface area (Å²) >= 11 is 0. The summed E-state index contributed by atoms with van der Waals surface area (Å²) in [5.74, 6) is 1.06. The van der Waals surface area contributed by atoms with Gasteiger partial charge in [0, 0.05) is 26.1 Å². The molecular weight excluding hydrogens is 523 g/mol. The summed E-state index contributed by atoms with van der Waals surface area (Å²) in [5.41, 5.74) is 3.53. The Kier molecular flexibility index (Phi) is 9.11. The molecule has 1 saturated heterocycles. The molecule has 1 amide bonds. The van der Waals surface area contributed by atoms with E-state index in [4.69, 9.17) is 4.99 Å². The Hall–Kier alpha value is -2.61. The van der Waals surface area contributed by atoms with Crippen LogP contribution in [0, 0.1) is 0 Å². The molecule has 1 fully saturated rings. The molecule has 0 aliphatic carbocycles. The van der Waals surface area contributed by atoms with E-state index < -0.39 is 0 Å². The molecule has 1 atom stereocenters. The second-order valence-electron chi connectivity index (χ2n) is 8.41. The maximum absolute atomic E-state index is 11.9. The lowest BCUT2D eigenvalue weighted by Crippen LogP contribution is -2.38. The first-order chi connectivity index (χ1) is 15.6. The Morgan fingerprint density at radius 3 is 2.58 bits per heavy atom. The van der Waals surface area contributed by atoms with Gasteiger partial charge in [0.25, 0.3) is 0 Å². The third-order valence-corrected chi connectivity index (χ3v) is 5.93. The van der Waals surface area contributed by atoms with E-state index in [1.165, 1.54) is 16.3 Å². The number of rotatable bonds is 7. The van der Waals surface area contributed by atoms with Crippen LogP contribution < -0.4 is 10.6 Å². The lowest BCUT2D eigenvalue weighted by atomic mass is 10.0. The first-order valence-corrected chi connectivity index (χ1v) is 11.5. The summed E-state index contributed by atoms with van der Waals surface area (Å²) in [6.45, 7) is 7.17. The lowest BCUT2D eigenvalue weighted by molar-refractivity contribution is -0.128. The van der Waals surface area contributed by atoms with E-state index in [1.54, 1.807) is 0 Å². The van der Waals surface area contributed by atoms with Crippen molar-refractivity contribution in [3.63, 3.8) is 0 Å². The zero-order valence-electron chi connectivity index (χ0n) is 19.4. The summed E-state index contributed by atoms with van der Waals surface area (Å²) < 4.78 is 0. The fraction of sp³-hybridized carbons (Fsp3) is 0.333. The number of hydrogen-bond donors (Lipinski definition) is 2. The number of carbonyl (C=O) groups is 1. The lowest BCUT2D eigenvalue weighted by Gasteiger charge is -2.19. The van der Waals surface area contributed by atoms with Crippen LogP contribution in [-0.4, -0.2) is 29.9 Å². The molecule has 1 heterocycles. The first kappa shape index (κ1) is 25.0. The van der Waals surface area contributed by atoms with Crippen molar-refractivity contribution in [1.29, 1.82) is 0 Å². The molecule has 6 heteroatoms. The summed E-state index contributed by atoms with van der Waals surface area (Å²) in [4.78, 5) is 18.7. The van der Waals surface area contributed by atoms with Crippen LogP contribution in [0.15, 0.2) is 71.7 Å². The van der Waals surface area contributed by atoms with Crippen LogP contribution in [-0.2, 0) is 17.9 Å². The molecule has 174 valence electrons. The minimum atomic E-state index is 0. The number of benzene rings is 3. The number of guanidine groups is 1. The molecule has 2 N–H and O–H groups in total. The fourth-order valence-corrected chi connectivity index (χ4v) is 4.17. The van der Waals surface area contributed by atoms with Gasteiger partial charge in [-0.25, -0.2) is 4.99 Å². The second kappa shape index (κ2) is 12.0. The second-order valence-corrected chi connectivity index (χ2v) is 8.41. The van der Waals surface area contributed by atoms with Gasteiger partial charge in [-0.1, -0.05) is 60.7 Å². The fourth-order valence-electron chi connectivity index (χ4n) is 4.17. The van der Waals surface area contributed by atoms with Gasteiger partial charge in [0.1, 0.15) is 0 Å². The molecular formula is C27H33IN4O. The Bertz CT molecular complexity index is 1110. The maximum Gasteiger partial charge on any atom is 0.222 e. The molecule has 0 radical (unpaired) electrons. The highest BCUT2D eigenvalue weighted by molar-refractivity contribution is 14.0. The van der Waals surface area contributed by atoms with Crippen molar-refractivity contribution in [1.82, 2.24) is 15.5 Å². The van der Waals surface area contributed by atoms with Crippen LogP contribution in [0.5, 0.6) is 0 Å². The minimum absolute atomic E-state index is 0. The quantitative estimate of drug-likeness (QED) is 0.233. The van der Waals surface area contributed by atoms with Crippen molar-refractivity contribution in [2.45, 2.75) is 45.8 Å². The van der Waals surface area contributed by atoms with Crippen LogP contribution in [0.1, 0.15) is 49.4 Å². The summed E-state index contributed by atoms with van der Waals surface area (Å²) in [5, 5.41) is 9.38. The van der Waals surface area contributed by atoms with E-state index in [1.807, 2.05) is 4.90 Å². The average Bonchev–Trinajstić information content (AvgIpc) is 3.21. The van der Waals surface area contributed by atoms with E-state index >= 15 is 0 Å². The molecule has 5 nitrogen and oxygen atoms in total. The predicted octanol–water partition coefficient (Wildman–Crippen LogP) is 5.40. The van der Waals surface area contributed by atoms with Gasteiger partial charge in [0.2, 0.25) is 5.91 Å². The summed E-state index contributed by atoms with van der Waals surface area (Å²) in [7, 11) is 0. The van der Waals surface area contributed by atoms with Gasteiger partial charge in [0.05, 0.1) is 12.6 Å². The zero-order valence-corrected chi connectivity index (χ0v) is 21.7. The smallest absolute Gasteiger partial charge is 0.222 e. The van der Waals surface area contributed by atoms with Crippen molar-refractivity contribution in [3.8, 4) is 0 Å². The topological polar surface area (TPSA) is 56.7 Å². The number of aliphatic imine (C=N–C) groups is 1. The number of likely N-dealkylation sites (tertiary alicyclic amines) is 1. The van der Waals surface area contributed by atoms with Crippen LogP contribution >= 0.6 is 24.0 Å². The molecule has 33 heavy (non-hydrogen) atoms. The largest absolute Gasteiger partial charge is 0.357 e. The molecule has 0 saturated carbocycles. The minimum Gasteiger partial charge on any atom is -0.357 e. The highest BCUT2D eigenvalue weighted by atomic mass is 127. The molecule has 0 spiro atoms. The Morgan fingerprint density at radius 1 is 1.03 bits per heavy atom. The van der Waals surface area contributed by atoms with Crippen LogP contribution in [0.3, 0.4) is 0 Å². The van der Waals surface area contributed by atoms with Crippen molar-refractivity contribution < 1.29 is 4.79 Å². The molecule has 3 aromatic rings. The summed E-state index contributed by atoms with van der Waals surface area (Å²) in [6, 6.07) is 23.5. The number of amides is 1. The molecule has 3 aromatic carbocycles. The third kappa shape index (κ3) is 6.69. The predicted molar refractivity (Wildman–Crippen MR) is 147 cm³/mol. The van der Waals surface area contributed by atoms with Gasteiger partial charge in [-0.05, 0) is 53.8 Å². The molecule has 0 bridgehead atoms. The molecule has 1 aliphatic rings. The van der Waals surface area contributed by atoms with E-state index in [0.29, 0.717) is 19.5 Å². The SMILES string of the molecule is CCNC(=NCc1cccc(CN2CCCC2=O)c1)NC(C)c1ccc2ccccc2c1.I. The van der Waals surface area contributed by atoms with Crippen LogP contribution in [0.4, 0.5) is 0 Å². The Labute approximate surface area is 213 Å². The molecule has 1 unspecified atom stereocenters. The highest BCUT2D eigenvalue weighted by Crippen LogP contribution is 2.20. The van der Waals surface area contributed by atoms with Crippen LogP contribution in [0.25, 0.3) is 10.8 Å². The van der Waals surface area contributed by atoms with Gasteiger partial charge >= 0.3 is 0 Å². The number of nitrogens with one attached hydrogen (secondary N) is 2. The maximum atomic E-state index is 11.9. The normalized spacial score (nSPS) is 14.8. The van der Waals surface area contributed by atoms with E-state index in [9.17, 15) is 4.79 Å². The Balaban J connectivity index is 0.00000306. The van der Waals surface area contributed by atoms with Gasteiger partial charge in [-0.15, -0.1) is 24.0 Å². The van der Waals surface area contributed by atoms with E-state index in [0.717, 1.165) is 36.6 Å². The van der Waals surface area contributed by atoms with Gasteiger partial charge in [0.15, 0.2) is 5.96 Å². The third-order valence-electron chi connectivity index (χ3n) is 5.93. The summed E-state index contributed by atoms with van der Waals surface area (Å²) in [6.07, 6.45) is 1.65. The number of carbonyl (C=O) groups excluding carboxylic acids is 1. The standard InChI is InChI=1S/C27H32N4O.HI/c1-3-28-27(30-20(2)24-14-13-23-10-4-5-11-25(23)17-24)29-18-21-8-6-9-22(16-21)19-31-15-7-12-26(31)32;/h4-6,8-11,13-14,16-17,20H,3,7,12,15,18-19H2,1-2H3,(H2,28,29,30);1H. The Morgan fingerprint density at radius 2 is 1.82 bits per heavy atom. The van der Waals surface area contributed by atoms with Crippen molar-refractivity contribution in [2.75, 3.05) is 13.1 Å². The van der Waals surface area contributed by atoms with Crippen molar-refractivity contribution >= 4 is 46.6 Å². The monoisotopic (exact) mass is 556 g/mol. The van der Waals surface area contributed by atoms with Crippen molar-refractivity contribution in [3.05, 3.63) is 83.4 Å². The molecule has 0 aromatic heterocycles. The zero-order chi connectivity index (χ0) is 22.3. The number of halogens is 1. The number of nitrogens with zero attached hydrogens (tertiary/aromatic N) is 2. The average molecular weight is 556 g/mol. The van der Waals surface area contributed by atoms with E-state index in [-0.39, 0.29) is 35.9 Å². The van der Waals surface area contributed by atoms with E-state index in [2.05, 4.69) is 91.2 Å². The van der Waals surface area contributed by atoms with Gasteiger partial charge in [-0.2, -0.15) is 0 Å². The number of hydrogen-bond acceptors (Lipinski definition) is 2. The number of fused-ring (bicyclic) bond motifs is 1. The highest BCUT2D eigenvalue weighted by Gasteiger charge is 2.19. The van der Waals surface area contributed by atoms with Gasteiger partial charge < -0.3 is 15.5 Å². The molecule has 1 aliphatic heterocycles.